The molecule has 0 saturated heterocycles. The lowest BCUT2D eigenvalue weighted by molar-refractivity contribution is -0.144. The van der Waals surface area contributed by atoms with Crippen LogP contribution in [0.25, 0.3) is 10.9 Å². The van der Waals surface area contributed by atoms with Crippen LogP contribution in [0.5, 0.6) is 0 Å². The number of hydrogen-bond donors (Lipinski definition) is 2. The molecule has 2 rings (SSSR count). The van der Waals surface area contributed by atoms with Crippen LogP contribution in [0.3, 0.4) is 0 Å². The zero-order valence-corrected chi connectivity index (χ0v) is 17.1. The molecule has 1 aromatic carbocycles. The van der Waals surface area contributed by atoms with Crippen molar-refractivity contribution in [3.63, 3.8) is 0 Å². The summed E-state index contributed by atoms with van der Waals surface area (Å²) in [5.41, 5.74) is 8.17. The summed E-state index contributed by atoms with van der Waals surface area (Å²) in [7, 11) is 6.61. The Kier molecular flexibility index (Phi) is 8.83. The van der Waals surface area contributed by atoms with Crippen LogP contribution < -0.4 is 11.1 Å². The number of hydrogen-bond acceptors (Lipinski definition) is 7. The van der Waals surface area contributed by atoms with E-state index >= 15 is 0 Å². The fraction of sp³-hybridized carbons (Fsp3) is 0.444. The van der Waals surface area contributed by atoms with E-state index in [-0.39, 0.29) is 0 Å². The van der Waals surface area contributed by atoms with Crippen LogP contribution in [0.4, 0.5) is 4.79 Å². The number of esters is 1. The Hall–Kier alpha value is -1.84. The molecule has 1 amide bonds. The summed E-state index contributed by atoms with van der Waals surface area (Å²) in [6.45, 7) is 0.642. The lowest BCUT2D eigenvalue weighted by Crippen LogP contribution is -2.34. The number of benzene rings is 1. The second kappa shape index (κ2) is 11.1. The van der Waals surface area contributed by atoms with Crippen molar-refractivity contribution in [2.45, 2.75) is 12.5 Å². The van der Waals surface area contributed by atoms with Gasteiger partial charge in [-0.1, -0.05) is 39.8 Å². The zero-order valence-electron chi connectivity index (χ0n) is 15.5. The maximum atomic E-state index is 12.1. The van der Waals surface area contributed by atoms with Crippen molar-refractivity contribution in [2.24, 2.45) is 12.8 Å². The number of rotatable bonds is 10. The van der Waals surface area contributed by atoms with Crippen LogP contribution >= 0.6 is 21.6 Å². The summed E-state index contributed by atoms with van der Waals surface area (Å²) in [5, 5.41) is 3.49. The topological polar surface area (TPSA) is 95.6 Å². The number of alkyl carbamates (subject to hydrolysis) is 1. The summed E-state index contributed by atoms with van der Waals surface area (Å²) in [5.74, 6) is 0.931. The third-order valence-electron chi connectivity index (χ3n) is 3.82. The van der Waals surface area contributed by atoms with Crippen molar-refractivity contribution in [1.82, 2.24) is 9.88 Å². The summed E-state index contributed by atoms with van der Waals surface area (Å²) in [6, 6.07) is 7.35. The average Bonchev–Trinajstić information content (AvgIpc) is 2.99. The maximum Gasteiger partial charge on any atom is 0.406 e. The molecule has 0 saturated carbocycles. The number of aryl methyl sites for hydroxylation is 1. The molecule has 1 aromatic heterocycles. The molecule has 0 fully saturated rings. The van der Waals surface area contributed by atoms with Gasteiger partial charge >= 0.3 is 12.1 Å². The second-order valence-electron chi connectivity index (χ2n) is 5.79. The third kappa shape index (κ3) is 6.67. The fourth-order valence-electron chi connectivity index (χ4n) is 2.55. The molecule has 3 N–H and O–H groups in total. The molecule has 27 heavy (non-hydrogen) atoms. The highest BCUT2D eigenvalue weighted by Crippen LogP contribution is 2.22. The molecule has 148 valence electrons. The first kappa shape index (κ1) is 21.5. The molecule has 0 aliphatic rings. The van der Waals surface area contributed by atoms with Gasteiger partial charge in [-0.25, -0.2) is 4.79 Å². The van der Waals surface area contributed by atoms with Crippen LogP contribution in [0.1, 0.15) is 5.56 Å². The van der Waals surface area contributed by atoms with Gasteiger partial charge in [0.05, 0.1) is 0 Å². The molecular weight excluding hydrogens is 386 g/mol. The van der Waals surface area contributed by atoms with Gasteiger partial charge in [-0.05, 0) is 11.6 Å². The van der Waals surface area contributed by atoms with Crippen LogP contribution in [0, 0.1) is 0 Å². The number of ether oxygens (including phenoxy) is 2. The summed E-state index contributed by atoms with van der Waals surface area (Å²) < 4.78 is 12.2. The standard InChI is InChI=1S/C18H25N3O4S2/c1-20-18(23)25-8-10-27-26-9-7-24-17(22)15(19)11-13-12-21(2)16-6-4-3-5-14(13)16/h3-6,12,15H,7-11,19H2,1-2H3,(H,20,23)/t15-/m0/s1. The Bertz CT molecular complexity index is 766. The Balaban J connectivity index is 1.65. The van der Waals surface area contributed by atoms with E-state index < -0.39 is 18.1 Å². The van der Waals surface area contributed by atoms with Crippen LogP contribution in [-0.4, -0.2) is 54.4 Å². The second-order valence-corrected chi connectivity index (χ2v) is 8.49. The molecule has 2 aromatic rings. The van der Waals surface area contributed by atoms with Crippen molar-refractivity contribution in [1.29, 1.82) is 0 Å². The summed E-state index contributed by atoms with van der Waals surface area (Å²) in [6.07, 6.45) is 2.01. The summed E-state index contributed by atoms with van der Waals surface area (Å²) in [4.78, 5) is 23.0. The van der Waals surface area contributed by atoms with E-state index in [4.69, 9.17) is 15.2 Å². The van der Waals surface area contributed by atoms with Crippen molar-refractivity contribution >= 4 is 44.6 Å². The predicted octanol–water partition coefficient (Wildman–Crippen LogP) is 2.33. The minimum Gasteiger partial charge on any atom is -0.464 e. The van der Waals surface area contributed by atoms with E-state index in [2.05, 4.69) is 5.32 Å². The lowest BCUT2D eigenvalue weighted by atomic mass is 10.1. The first-order chi connectivity index (χ1) is 13.0. The van der Waals surface area contributed by atoms with Gasteiger partial charge in [-0.3, -0.25) is 4.79 Å². The average molecular weight is 412 g/mol. The van der Waals surface area contributed by atoms with Gasteiger partial charge in [0.25, 0.3) is 0 Å². The molecule has 9 heteroatoms. The largest absolute Gasteiger partial charge is 0.464 e. The maximum absolute atomic E-state index is 12.1. The molecule has 0 bridgehead atoms. The van der Waals surface area contributed by atoms with Crippen LogP contribution in [0.2, 0.25) is 0 Å². The highest BCUT2D eigenvalue weighted by Gasteiger charge is 2.18. The zero-order chi connectivity index (χ0) is 19.6. The first-order valence-electron chi connectivity index (χ1n) is 8.57. The fourth-order valence-corrected chi connectivity index (χ4v) is 4.20. The number of aromatic nitrogens is 1. The van der Waals surface area contributed by atoms with Gasteiger partial charge in [0.1, 0.15) is 19.3 Å². The highest BCUT2D eigenvalue weighted by atomic mass is 33.1. The van der Waals surface area contributed by atoms with Crippen molar-refractivity contribution < 1.29 is 19.1 Å². The highest BCUT2D eigenvalue weighted by molar-refractivity contribution is 8.76. The molecule has 1 heterocycles. The van der Waals surface area contributed by atoms with Gasteiger partial charge in [0.15, 0.2) is 0 Å². The Morgan fingerprint density at radius 1 is 1.19 bits per heavy atom. The van der Waals surface area contributed by atoms with Crippen molar-refractivity contribution in [3.05, 3.63) is 36.0 Å². The third-order valence-corrected chi connectivity index (χ3v) is 6.15. The number of nitrogens with one attached hydrogen (secondary N) is 1. The molecule has 0 aliphatic carbocycles. The smallest absolute Gasteiger partial charge is 0.406 e. The summed E-state index contributed by atoms with van der Waals surface area (Å²) >= 11 is 0. The van der Waals surface area contributed by atoms with E-state index in [9.17, 15) is 9.59 Å². The van der Waals surface area contributed by atoms with Gasteiger partial charge < -0.3 is 25.1 Å². The molecule has 0 unspecified atom stereocenters. The van der Waals surface area contributed by atoms with E-state index in [1.165, 1.54) is 7.05 Å². The molecule has 7 nitrogen and oxygen atoms in total. The van der Waals surface area contributed by atoms with E-state index in [1.54, 1.807) is 21.6 Å². The van der Waals surface area contributed by atoms with Gasteiger partial charge in [-0.2, -0.15) is 0 Å². The molecule has 0 aliphatic heterocycles. The minimum absolute atomic E-state index is 0.302. The molecule has 0 radical (unpaired) electrons. The number of carbonyl (C=O) groups excluding carboxylic acids is 2. The number of nitrogens with two attached hydrogens (primary N) is 1. The lowest BCUT2D eigenvalue weighted by Gasteiger charge is -2.11. The Morgan fingerprint density at radius 3 is 2.56 bits per heavy atom. The molecule has 0 spiro atoms. The van der Waals surface area contributed by atoms with E-state index in [0.717, 1.165) is 16.5 Å². The Morgan fingerprint density at radius 2 is 1.85 bits per heavy atom. The van der Waals surface area contributed by atoms with Crippen LogP contribution in [0.15, 0.2) is 30.5 Å². The van der Waals surface area contributed by atoms with E-state index in [0.29, 0.717) is 31.1 Å². The first-order valence-corrected chi connectivity index (χ1v) is 11.1. The van der Waals surface area contributed by atoms with Gasteiger partial charge in [0.2, 0.25) is 0 Å². The monoisotopic (exact) mass is 411 g/mol. The minimum atomic E-state index is -0.686. The van der Waals surface area contributed by atoms with Crippen LogP contribution in [-0.2, 0) is 27.7 Å². The Labute approximate surface area is 166 Å². The number of nitrogens with zero attached hydrogens (tertiary/aromatic N) is 1. The predicted molar refractivity (Wildman–Crippen MR) is 111 cm³/mol. The van der Waals surface area contributed by atoms with Gasteiger partial charge in [0, 0.05) is 49.1 Å². The number of carbonyl (C=O) groups is 2. The molecule has 1 atom stereocenters. The quantitative estimate of drug-likeness (QED) is 0.352. The van der Waals surface area contributed by atoms with Crippen molar-refractivity contribution in [3.8, 4) is 0 Å². The number of para-hydroxylation sites is 1. The molecular formula is C18H25N3O4S2. The van der Waals surface area contributed by atoms with Gasteiger partial charge in [-0.15, -0.1) is 0 Å². The van der Waals surface area contributed by atoms with Crippen molar-refractivity contribution in [2.75, 3.05) is 31.8 Å². The normalized spacial score (nSPS) is 12.0. The number of amides is 1. The number of fused-ring (bicyclic) bond motifs is 1. The SMILES string of the molecule is CNC(=O)OCCSSCCOC(=O)[C@@H](N)Cc1cn(C)c2ccccc12. The van der Waals surface area contributed by atoms with E-state index in [1.807, 2.05) is 42.1 Å².